The Labute approximate surface area is 230 Å². The average Bonchev–Trinajstić information content (AvgIpc) is 2.82. The molecule has 1 aliphatic rings. The first kappa shape index (κ1) is 34.7. The fraction of sp³-hybridized carbons (Fsp3) is 0.750. The second-order valence-electron chi connectivity index (χ2n) is 9.89. The van der Waals surface area contributed by atoms with Crippen LogP contribution in [0.2, 0.25) is 0 Å². The molecule has 0 saturated carbocycles. The molecule has 0 amide bonds. The topological polar surface area (TPSA) is 254 Å². The van der Waals surface area contributed by atoms with Gasteiger partial charge < -0.3 is 41.3 Å². The molecular formula is C24H40N4O12. The smallest absolute Gasteiger partial charge is 0.317 e. The quantitative estimate of drug-likeness (QED) is 0.108. The molecule has 40 heavy (non-hydrogen) atoms. The van der Waals surface area contributed by atoms with Gasteiger partial charge in [-0.1, -0.05) is 0 Å². The van der Waals surface area contributed by atoms with E-state index in [0.29, 0.717) is 0 Å². The van der Waals surface area contributed by atoms with Crippen LogP contribution in [0, 0.1) is 0 Å². The van der Waals surface area contributed by atoms with Gasteiger partial charge in [0.1, 0.15) is 0 Å². The van der Waals surface area contributed by atoms with Crippen molar-refractivity contribution >= 4 is 35.8 Å². The van der Waals surface area contributed by atoms with E-state index in [9.17, 15) is 59.4 Å². The second kappa shape index (κ2) is 18.1. The summed E-state index contributed by atoms with van der Waals surface area (Å²) in [7, 11) is 0. The number of hydrogen-bond acceptors (Lipinski definition) is 10. The van der Waals surface area contributed by atoms with E-state index >= 15 is 0 Å². The minimum absolute atomic E-state index is 0.0237. The predicted octanol–water partition coefficient (Wildman–Crippen LogP) is -1.11. The molecule has 0 aliphatic carbocycles. The van der Waals surface area contributed by atoms with E-state index in [1.54, 1.807) is 0 Å². The third kappa shape index (κ3) is 15.3. The molecule has 0 aromatic heterocycles. The van der Waals surface area contributed by atoms with Gasteiger partial charge in [0.25, 0.3) is 0 Å². The van der Waals surface area contributed by atoms with E-state index in [2.05, 4.69) is 10.6 Å². The zero-order chi connectivity index (χ0) is 30.2. The van der Waals surface area contributed by atoms with E-state index in [0.717, 1.165) is 0 Å². The van der Waals surface area contributed by atoms with E-state index in [4.69, 9.17) is 0 Å². The van der Waals surface area contributed by atoms with Crippen LogP contribution in [0.4, 0.5) is 0 Å². The normalized spacial score (nSPS) is 23.4. The van der Waals surface area contributed by atoms with E-state index in [-0.39, 0.29) is 77.5 Å². The predicted molar refractivity (Wildman–Crippen MR) is 137 cm³/mol. The van der Waals surface area contributed by atoms with Gasteiger partial charge in [0.15, 0.2) is 0 Å². The van der Waals surface area contributed by atoms with Crippen molar-refractivity contribution in [1.82, 2.24) is 20.4 Å². The van der Waals surface area contributed by atoms with Crippen molar-refractivity contribution in [2.45, 2.75) is 75.5 Å². The van der Waals surface area contributed by atoms with Gasteiger partial charge in [-0.25, -0.2) is 0 Å². The summed E-state index contributed by atoms with van der Waals surface area (Å²) in [5.74, 6) is -6.73. The number of aliphatic carboxylic acids is 6. The number of carboxylic acid groups (broad SMARTS) is 6. The Balaban J connectivity index is 3.47. The summed E-state index contributed by atoms with van der Waals surface area (Å²) in [6.45, 7) is -0.782. The maximum Gasteiger partial charge on any atom is 0.317 e. The van der Waals surface area contributed by atoms with Crippen LogP contribution in [0.25, 0.3) is 0 Å². The highest BCUT2D eigenvalue weighted by Crippen LogP contribution is 2.16. The first-order valence-electron chi connectivity index (χ1n) is 13.0. The molecule has 1 rings (SSSR count). The molecule has 0 aromatic carbocycles. The molecule has 1 fully saturated rings. The molecule has 228 valence electrons. The lowest BCUT2D eigenvalue weighted by Crippen LogP contribution is -2.57. The lowest BCUT2D eigenvalue weighted by atomic mass is 10.0. The Bertz CT molecular complexity index is 816. The fourth-order valence-electron chi connectivity index (χ4n) is 4.72. The summed E-state index contributed by atoms with van der Waals surface area (Å²) in [6, 6.07) is -2.46. The number of rotatable bonds is 16. The summed E-state index contributed by atoms with van der Waals surface area (Å²) in [4.78, 5) is 71.7. The molecular weight excluding hydrogens is 536 g/mol. The molecule has 16 heteroatoms. The van der Waals surface area contributed by atoms with Crippen LogP contribution in [0.3, 0.4) is 0 Å². The molecule has 1 heterocycles. The molecule has 1 aliphatic heterocycles. The van der Waals surface area contributed by atoms with Crippen LogP contribution in [-0.4, -0.2) is 140 Å². The van der Waals surface area contributed by atoms with Crippen molar-refractivity contribution in [1.29, 1.82) is 0 Å². The number of nitrogens with one attached hydrogen (secondary N) is 2. The minimum atomic E-state index is -1.18. The Morgan fingerprint density at radius 1 is 0.500 bits per heavy atom. The van der Waals surface area contributed by atoms with E-state index < -0.39 is 73.1 Å². The van der Waals surface area contributed by atoms with Gasteiger partial charge in [0.2, 0.25) is 0 Å². The molecule has 0 bridgehead atoms. The molecule has 0 aromatic rings. The van der Waals surface area contributed by atoms with Gasteiger partial charge in [0, 0.05) is 76.0 Å². The highest BCUT2D eigenvalue weighted by molar-refractivity contribution is 5.70. The molecule has 0 radical (unpaired) electrons. The van der Waals surface area contributed by atoms with Crippen LogP contribution in [0.1, 0.15) is 51.4 Å². The Kier molecular flexibility index (Phi) is 15.7. The highest BCUT2D eigenvalue weighted by Gasteiger charge is 2.30. The minimum Gasteiger partial charge on any atom is -0.481 e. The van der Waals surface area contributed by atoms with Crippen LogP contribution in [0.15, 0.2) is 0 Å². The maximum atomic E-state index is 11.7. The monoisotopic (exact) mass is 576 g/mol. The van der Waals surface area contributed by atoms with E-state index in [1.807, 2.05) is 0 Å². The van der Waals surface area contributed by atoms with Crippen LogP contribution >= 0.6 is 0 Å². The van der Waals surface area contributed by atoms with Crippen molar-refractivity contribution in [2.75, 3.05) is 39.3 Å². The van der Waals surface area contributed by atoms with Crippen LogP contribution in [0.5, 0.6) is 0 Å². The number of nitrogens with zero attached hydrogens (tertiary/aromatic N) is 2. The highest BCUT2D eigenvalue weighted by atomic mass is 16.4. The van der Waals surface area contributed by atoms with Crippen molar-refractivity contribution < 1.29 is 59.4 Å². The lowest BCUT2D eigenvalue weighted by Gasteiger charge is -2.39. The number of hydrogen-bond donors (Lipinski definition) is 8. The third-order valence-electron chi connectivity index (χ3n) is 6.70. The SMILES string of the molecule is O=C(O)CC[C@H]1CN(CC(=O)O)[C@@H](CCC(=O)O)CN[C@@H](CCC(=O)O)CN(CC(=O)O)[C@@H](CCC(=O)O)CN1. The fourth-order valence-corrected chi connectivity index (χ4v) is 4.72. The lowest BCUT2D eigenvalue weighted by molar-refractivity contribution is -0.140. The van der Waals surface area contributed by atoms with Gasteiger partial charge in [-0.05, 0) is 25.7 Å². The molecule has 0 spiro atoms. The van der Waals surface area contributed by atoms with Gasteiger partial charge >= 0.3 is 35.8 Å². The van der Waals surface area contributed by atoms with Gasteiger partial charge in [-0.15, -0.1) is 0 Å². The molecule has 1 saturated heterocycles. The average molecular weight is 577 g/mol. The zero-order valence-electron chi connectivity index (χ0n) is 22.2. The van der Waals surface area contributed by atoms with Crippen molar-refractivity contribution in [3.05, 3.63) is 0 Å². The molecule has 16 nitrogen and oxygen atoms in total. The van der Waals surface area contributed by atoms with Gasteiger partial charge in [-0.3, -0.25) is 38.6 Å². The first-order valence-corrected chi connectivity index (χ1v) is 13.0. The van der Waals surface area contributed by atoms with Crippen LogP contribution < -0.4 is 10.6 Å². The van der Waals surface area contributed by atoms with Crippen molar-refractivity contribution in [2.24, 2.45) is 0 Å². The largest absolute Gasteiger partial charge is 0.481 e. The zero-order valence-corrected chi connectivity index (χ0v) is 22.2. The summed E-state index contributed by atoms with van der Waals surface area (Å²) >= 11 is 0. The summed E-state index contributed by atoms with van der Waals surface area (Å²) in [5, 5.41) is 62.4. The van der Waals surface area contributed by atoms with E-state index in [1.165, 1.54) is 9.80 Å². The summed E-state index contributed by atoms with van der Waals surface area (Å²) in [5.41, 5.74) is 0. The van der Waals surface area contributed by atoms with Gasteiger partial charge in [0.05, 0.1) is 13.1 Å². The summed E-state index contributed by atoms with van der Waals surface area (Å²) in [6.07, 6.45) is -0.818. The van der Waals surface area contributed by atoms with Crippen molar-refractivity contribution in [3.8, 4) is 0 Å². The molecule has 8 N–H and O–H groups in total. The standard InChI is InChI=1S/C24H40N4O12/c29-19(30)5-1-15-11-27(13-23(37)38)18(4-8-22(35)36)10-26-16(2-6-20(31)32)12-28(14-24(39)40)17(9-25-15)3-7-21(33)34/h15-18,25-26H,1-14H2,(H,29,30)(H,31,32)(H,33,34)(H,35,36)(H,37,38)(H,39,40)/t15-,16-,17-,18-/m0/s1. The Morgan fingerprint density at radius 2 is 0.800 bits per heavy atom. The molecule has 0 unspecified atom stereocenters. The number of carboxylic acids is 6. The van der Waals surface area contributed by atoms with Gasteiger partial charge in [-0.2, -0.15) is 0 Å². The maximum absolute atomic E-state index is 11.7. The Hall–Kier alpha value is -3.34. The van der Waals surface area contributed by atoms with Crippen LogP contribution in [-0.2, 0) is 28.8 Å². The summed E-state index contributed by atoms with van der Waals surface area (Å²) < 4.78 is 0. The third-order valence-corrected chi connectivity index (χ3v) is 6.70. The second-order valence-corrected chi connectivity index (χ2v) is 9.89. The number of carbonyl (C=O) groups is 6. The van der Waals surface area contributed by atoms with Crippen molar-refractivity contribution in [3.63, 3.8) is 0 Å². The first-order chi connectivity index (χ1) is 18.8. The molecule has 4 atom stereocenters. The Morgan fingerprint density at radius 3 is 1.07 bits per heavy atom.